The van der Waals surface area contributed by atoms with Crippen LogP contribution in [-0.2, 0) is 24.8 Å². The molecule has 8 nitrogen and oxygen atoms in total. The van der Waals surface area contributed by atoms with Crippen LogP contribution in [0.15, 0.2) is 58.3 Å². The van der Waals surface area contributed by atoms with E-state index < -0.39 is 20.0 Å². The summed E-state index contributed by atoms with van der Waals surface area (Å²) in [5.41, 5.74) is 1.16. The van der Waals surface area contributed by atoms with Gasteiger partial charge >= 0.3 is 0 Å². The lowest BCUT2D eigenvalue weighted by atomic mass is 9.97. The Morgan fingerprint density at radius 3 is 2.20 bits per heavy atom. The molecule has 0 aromatic heterocycles. The van der Waals surface area contributed by atoms with Crippen LogP contribution in [0.2, 0.25) is 0 Å². The number of carbonyl (C=O) groups excluding carboxylic acids is 1. The van der Waals surface area contributed by atoms with Crippen LogP contribution in [0.5, 0.6) is 0 Å². The highest BCUT2D eigenvalue weighted by Crippen LogP contribution is 2.26. The van der Waals surface area contributed by atoms with Crippen molar-refractivity contribution in [3.05, 3.63) is 54.1 Å². The van der Waals surface area contributed by atoms with Gasteiger partial charge in [0.2, 0.25) is 26.0 Å². The van der Waals surface area contributed by atoms with Crippen LogP contribution in [-0.4, -0.2) is 47.2 Å². The summed E-state index contributed by atoms with van der Waals surface area (Å²) in [5, 5.41) is 2.80. The fraction of sp³-hybridized carbons (Fsp3) is 0.350. The van der Waals surface area contributed by atoms with E-state index in [-0.39, 0.29) is 34.7 Å². The number of carbonyl (C=O) groups is 1. The normalized spacial score (nSPS) is 16.3. The third-order valence-electron chi connectivity index (χ3n) is 5.25. The van der Waals surface area contributed by atoms with Crippen LogP contribution in [0.3, 0.4) is 0 Å². The molecule has 1 saturated heterocycles. The highest BCUT2D eigenvalue weighted by atomic mass is 32.2. The highest BCUT2D eigenvalue weighted by Gasteiger charge is 2.32. The summed E-state index contributed by atoms with van der Waals surface area (Å²) in [7, 11) is -5.87. The standard InChI is InChI=1S/C20H25N3O5S2/c1-15-8-9-18(29(25,26)21-2)14-19(15)22-20(24)16-10-12-23(13-11-16)30(27,28)17-6-4-3-5-7-17/h3-9,14,16,21H,10-13H2,1-2H3,(H,22,24). The number of rotatable bonds is 6. The predicted octanol–water partition coefficient (Wildman–Crippen LogP) is 1.94. The average molecular weight is 452 g/mol. The Bertz CT molecular complexity index is 1120. The van der Waals surface area contributed by atoms with Gasteiger partial charge in [0.15, 0.2) is 0 Å². The molecule has 30 heavy (non-hydrogen) atoms. The predicted molar refractivity (Wildman–Crippen MR) is 114 cm³/mol. The summed E-state index contributed by atoms with van der Waals surface area (Å²) in [6.07, 6.45) is 0.789. The number of hydrogen-bond acceptors (Lipinski definition) is 5. The molecule has 1 heterocycles. The minimum Gasteiger partial charge on any atom is -0.326 e. The topological polar surface area (TPSA) is 113 Å². The van der Waals surface area contributed by atoms with E-state index in [1.165, 1.54) is 23.5 Å². The van der Waals surface area contributed by atoms with Crippen LogP contribution >= 0.6 is 0 Å². The summed E-state index contributed by atoms with van der Waals surface area (Å²) < 4.78 is 53.1. The maximum absolute atomic E-state index is 12.7. The highest BCUT2D eigenvalue weighted by molar-refractivity contribution is 7.89. The van der Waals surface area contributed by atoms with Gasteiger partial charge in [0.25, 0.3) is 0 Å². The Labute approximate surface area is 177 Å². The van der Waals surface area contributed by atoms with E-state index in [4.69, 9.17) is 0 Å². The molecule has 0 unspecified atom stereocenters. The van der Waals surface area contributed by atoms with Gasteiger partial charge in [-0.25, -0.2) is 21.6 Å². The van der Waals surface area contributed by atoms with Gasteiger partial charge in [-0.1, -0.05) is 24.3 Å². The SMILES string of the molecule is CNS(=O)(=O)c1ccc(C)c(NC(=O)C2CCN(S(=O)(=O)c3ccccc3)CC2)c1. The molecule has 2 N–H and O–H groups in total. The molecule has 1 aliphatic heterocycles. The quantitative estimate of drug-likeness (QED) is 0.697. The molecule has 0 saturated carbocycles. The number of sulfonamides is 2. The molecule has 1 amide bonds. The first-order valence-corrected chi connectivity index (χ1v) is 12.5. The lowest BCUT2D eigenvalue weighted by Crippen LogP contribution is -2.41. The fourth-order valence-corrected chi connectivity index (χ4v) is 5.60. The second-order valence-corrected chi connectivity index (χ2v) is 11.0. The first-order valence-electron chi connectivity index (χ1n) is 9.55. The Hall–Kier alpha value is -2.27. The number of hydrogen-bond donors (Lipinski definition) is 2. The minimum atomic E-state index is -3.62. The van der Waals surface area contributed by atoms with Gasteiger partial charge in [0.1, 0.15) is 0 Å². The minimum absolute atomic E-state index is 0.0645. The van der Waals surface area contributed by atoms with Crippen LogP contribution < -0.4 is 10.0 Å². The van der Waals surface area contributed by atoms with Crippen molar-refractivity contribution in [2.75, 3.05) is 25.5 Å². The van der Waals surface area contributed by atoms with Crippen molar-refractivity contribution in [2.45, 2.75) is 29.6 Å². The number of aryl methyl sites for hydroxylation is 1. The van der Waals surface area contributed by atoms with Crippen molar-refractivity contribution < 1.29 is 21.6 Å². The fourth-order valence-electron chi connectivity index (χ4n) is 3.36. The van der Waals surface area contributed by atoms with Gasteiger partial charge in [-0.15, -0.1) is 0 Å². The van der Waals surface area contributed by atoms with E-state index in [1.54, 1.807) is 43.3 Å². The molecular weight excluding hydrogens is 426 g/mol. The molecule has 162 valence electrons. The maximum atomic E-state index is 12.7. The summed E-state index contributed by atoms with van der Waals surface area (Å²) in [5.74, 6) is -0.593. The smallest absolute Gasteiger partial charge is 0.243 e. The molecule has 1 aliphatic rings. The monoisotopic (exact) mass is 451 g/mol. The third-order valence-corrected chi connectivity index (χ3v) is 8.58. The summed E-state index contributed by atoms with van der Waals surface area (Å²) >= 11 is 0. The van der Waals surface area contributed by atoms with Crippen LogP contribution in [0.25, 0.3) is 0 Å². The van der Waals surface area contributed by atoms with Gasteiger partial charge in [-0.05, 0) is 56.6 Å². The molecule has 1 fully saturated rings. The summed E-state index contributed by atoms with van der Waals surface area (Å²) in [4.78, 5) is 13.0. The third kappa shape index (κ3) is 4.72. The number of piperidine rings is 1. The molecule has 2 aromatic carbocycles. The molecule has 0 atom stereocenters. The van der Waals surface area contributed by atoms with E-state index in [0.717, 1.165) is 5.56 Å². The van der Waals surface area contributed by atoms with E-state index in [9.17, 15) is 21.6 Å². The zero-order chi connectivity index (χ0) is 21.9. The Morgan fingerprint density at radius 1 is 0.967 bits per heavy atom. The van der Waals surface area contributed by atoms with Gasteiger partial charge in [0.05, 0.1) is 9.79 Å². The Morgan fingerprint density at radius 2 is 1.60 bits per heavy atom. The van der Waals surface area contributed by atoms with Crippen molar-refractivity contribution in [3.63, 3.8) is 0 Å². The van der Waals surface area contributed by atoms with Crippen LogP contribution in [0.4, 0.5) is 5.69 Å². The molecular formula is C20H25N3O5S2. The van der Waals surface area contributed by atoms with Crippen LogP contribution in [0.1, 0.15) is 18.4 Å². The van der Waals surface area contributed by atoms with Gasteiger partial charge in [0, 0.05) is 24.7 Å². The number of nitrogens with zero attached hydrogens (tertiary/aromatic N) is 1. The van der Waals surface area contributed by atoms with E-state index in [1.807, 2.05) is 0 Å². The van der Waals surface area contributed by atoms with Crippen molar-refractivity contribution in [1.29, 1.82) is 0 Å². The lowest BCUT2D eigenvalue weighted by Gasteiger charge is -2.30. The Balaban J connectivity index is 1.67. The van der Waals surface area contributed by atoms with Crippen molar-refractivity contribution >= 4 is 31.6 Å². The summed E-state index contributed by atoms with van der Waals surface area (Å²) in [6, 6.07) is 12.8. The van der Waals surface area contributed by atoms with Crippen LogP contribution in [0, 0.1) is 12.8 Å². The van der Waals surface area contributed by atoms with E-state index >= 15 is 0 Å². The van der Waals surface area contributed by atoms with E-state index in [2.05, 4.69) is 10.0 Å². The number of anilines is 1. The largest absolute Gasteiger partial charge is 0.326 e. The average Bonchev–Trinajstić information content (AvgIpc) is 2.75. The molecule has 0 bridgehead atoms. The first-order chi connectivity index (χ1) is 14.1. The first kappa shape index (κ1) is 22.4. The number of amides is 1. The molecule has 0 aliphatic carbocycles. The van der Waals surface area contributed by atoms with Gasteiger partial charge in [-0.2, -0.15) is 4.31 Å². The second kappa shape index (κ2) is 8.84. The van der Waals surface area contributed by atoms with Crippen molar-refractivity contribution in [1.82, 2.24) is 9.03 Å². The molecule has 0 radical (unpaired) electrons. The zero-order valence-corrected chi connectivity index (χ0v) is 18.5. The Kier molecular flexibility index (Phi) is 6.61. The molecule has 2 aromatic rings. The lowest BCUT2D eigenvalue weighted by molar-refractivity contribution is -0.120. The van der Waals surface area contributed by atoms with Gasteiger partial charge in [-0.3, -0.25) is 4.79 Å². The molecule has 10 heteroatoms. The van der Waals surface area contributed by atoms with Crippen molar-refractivity contribution in [2.24, 2.45) is 5.92 Å². The number of benzene rings is 2. The second-order valence-electron chi connectivity index (χ2n) is 7.16. The maximum Gasteiger partial charge on any atom is 0.243 e. The van der Waals surface area contributed by atoms with E-state index in [0.29, 0.717) is 18.5 Å². The van der Waals surface area contributed by atoms with Crippen molar-refractivity contribution in [3.8, 4) is 0 Å². The molecule has 3 rings (SSSR count). The van der Waals surface area contributed by atoms with Gasteiger partial charge < -0.3 is 5.32 Å². The summed E-state index contributed by atoms with van der Waals surface area (Å²) in [6.45, 7) is 2.28. The molecule has 0 spiro atoms. The number of nitrogens with one attached hydrogen (secondary N) is 2. The zero-order valence-electron chi connectivity index (χ0n) is 16.8.